The molecule has 2 aromatic heterocycles. The van der Waals surface area contributed by atoms with Gasteiger partial charge in [-0.2, -0.15) is 8.94 Å². The summed E-state index contributed by atoms with van der Waals surface area (Å²) in [6.45, 7) is 0. The minimum atomic E-state index is -6.00. The van der Waals surface area contributed by atoms with Gasteiger partial charge in [0.15, 0.2) is 12.4 Å². The molecule has 0 atom stereocenters. The molecule has 2 nitrogen and oxygen atoms in total. The van der Waals surface area contributed by atoms with Crippen molar-refractivity contribution in [2.75, 3.05) is 0 Å². The molecule has 0 radical (unpaired) electrons. The van der Waals surface area contributed by atoms with Gasteiger partial charge in [-0.25, -0.2) is 0 Å². The highest BCUT2D eigenvalue weighted by molar-refractivity contribution is 7.13. The van der Waals surface area contributed by atoms with E-state index in [1.165, 1.54) is 10.1 Å². The quantitative estimate of drug-likeness (QED) is 0.255. The first-order valence-electron chi connectivity index (χ1n) is 7.71. The van der Waals surface area contributed by atoms with Gasteiger partial charge in [0.2, 0.25) is 5.69 Å². The molecule has 0 aliphatic carbocycles. The molecular formula is C18H13BF4N2S. The van der Waals surface area contributed by atoms with Gasteiger partial charge in [-0.05, 0) is 17.6 Å². The van der Waals surface area contributed by atoms with Gasteiger partial charge in [-0.1, -0.05) is 36.4 Å². The van der Waals surface area contributed by atoms with Crippen LogP contribution >= 0.6 is 11.5 Å². The lowest BCUT2D eigenvalue weighted by Gasteiger charge is -1.98. The Balaban J connectivity index is 0.000000349. The van der Waals surface area contributed by atoms with Crippen molar-refractivity contribution >= 4 is 28.9 Å². The normalized spacial score (nSPS) is 11.1. The van der Waals surface area contributed by atoms with Gasteiger partial charge in [0, 0.05) is 35.2 Å². The number of pyridine rings is 1. The van der Waals surface area contributed by atoms with Crippen LogP contribution in [0.15, 0.2) is 79.1 Å². The number of hydrogen-bond acceptors (Lipinski definition) is 2. The number of nitrogens with zero attached hydrogens (tertiary/aromatic N) is 2. The number of fused-ring (bicyclic) bond motifs is 1. The second-order valence-corrected chi connectivity index (χ2v) is 6.16. The van der Waals surface area contributed by atoms with E-state index in [1.54, 1.807) is 11.5 Å². The summed E-state index contributed by atoms with van der Waals surface area (Å²) in [4.78, 5) is 0. The molecule has 0 aliphatic heterocycles. The molecule has 0 saturated carbocycles. The Morgan fingerprint density at radius 1 is 0.769 bits per heavy atom. The SMILES string of the molecule is F[B-](F)(F)F.c1ccc(-[n+]2ccc(-c3nsc4ccccc34)cc2)cc1. The van der Waals surface area contributed by atoms with Crippen LogP contribution in [0.4, 0.5) is 17.3 Å². The van der Waals surface area contributed by atoms with Crippen LogP contribution in [0.5, 0.6) is 0 Å². The lowest BCUT2D eigenvalue weighted by molar-refractivity contribution is -0.595. The fourth-order valence-electron chi connectivity index (χ4n) is 2.45. The molecule has 0 bridgehead atoms. The number of rotatable bonds is 2. The summed E-state index contributed by atoms with van der Waals surface area (Å²) in [7, 11) is -6.00. The van der Waals surface area contributed by atoms with Gasteiger partial charge in [-0.3, -0.25) is 0 Å². The summed E-state index contributed by atoms with van der Waals surface area (Å²) in [6, 6.07) is 22.9. The maximum atomic E-state index is 9.75. The van der Waals surface area contributed by atoms with Crippen molar-refractivity contribution in [1.82, 2.24) is 4.37 Å². The Morgan fingerprint density at radius 2 is 1.35 bits per heavy atom. The molecule has 4 aromatic rings. The molecule has 2 aromatic carbocycles. The van der Waals surface area contributed by atoms with Crippen molar-refractivity contribution in [3.63, 3.8) is 0 Å². The van der Waals surface area contributed by atoms with Crippen LogP contribution in [-0.2, 0) is 0 Å². The Labute approximate surface area is 151 Å². The van der Waals surface area contributed by atoms with Gasteiger partial charge < -0.3 is 17.3 Å². The zero-order valence-corrected chi connectivity index (χ0v) is 14.2. The standard InChI is InChI=1S/C18H13N2S.BF4/c1-2-6-15(7-3-1)20-12-10-14(11-13-20)18-16-8-4-5-9-17(16)21-19-18;2-1(3,4)5/h1-13H;/q+1;-1. The van der Waals surface area contributed by atoms with Gasteiger partial charge in [0.05, 0.1) is 10.4 Å². The first kappa shape index (κ1) is 18.1. The molecule has 0 aliphatic rings. The number of aromatic nitrogens is 2. The minimum absolute atomic E-state index is 1.07. The summed E-state index contributed by atoms with van der Waals surface area (Å²) in [5.74, 6) is 0. The highest BCUT2D eigenvalue weighted by atomic mass is 32.1. The first-order chi connectivity index (χ1) is 12.4. The van der Waals surface area contributed by atoms with Crippen molar-refractivity contribution in [3.8, 4) is 16.9 Å². The lowest BCUT2D eigenvalue weighted by Crippen LogP contribution is -2.28. The van der Waals surface area contributed by atoms with E-state index < -0.39 is 7.25 Å². The fraction of sp³-hybridized carbons (Fsp3) is 0. The summed E-state index contributed by atoms with van der Waals surface area (Å²) in [5.41, 5.74) is 3.38. The summed E-state index contributed by atoms with van der Waals surface area (Å²) >= 11 is 1.55. The third-order valence-corrected chi connectivity index (χ3v) is 4.36. The van der Waals surface area contributed by atoms with Crippen molar-refractivity contribution in [2.24, 2.45) is 0 Å². The van der Waals surface area contributed by atoms with E-state index in [0.717, 1.165) is 16.9 Å². The van der Waals surface area contributed by atoms with E-state index in [4.69, 9.17) is 0 Å². The second-order valence-electron chi connectivity index (χ2n) is 5.35. The molecule has 0 fully saturated rings. The number of hydrogen-bond donors (Lipinski definition) is 0. The van der Waals surface area contributed by atoms with E-state index >= 15 is 0 Å². The molecule has 132 valence electrons. The van der Waals surface area contributed by atoms with Gasteiger partial charge >= 0.3 is 7.25 Å². The minimum Gasteiger partial charge on any atom is -0.418 e. The average molecular weight is 376 g/mol. The maximum Gasteiger partial charge on any atom is 0.673 e. The van der Waals surface area contributed by atoms with E-state index in [-0.39, 0.29) is 0 Å². The number of benzene rings is 2. The van der Waals surface area contributed by atoms with Crippen LogP contribution in [0, 0.1) is 0 Å². The highest BCUT2D eigenvalue weighted by Crippen LogP contribution is 2.29. The Kier molecular flexibility index (Phi) is 5.32. The van der Waals surface area contributed by atoms with E-state index in [2.05, 4.69) is 69.9 Å². The maximum absolute atomic E-state index is 9.75. The molecule has 4 rings (SSSR count). The zero-order valence-electron chi connectivity index (χ0n) is 13.4. The molecule has 0 N–H and O–H groups in total. The van der Waals surface area contributed by atoms with Crippen molar-refractivity contribution < 1.29 is 21.8 Å². The molecule has 0 spiro atoms. The monoisotopic (exact) mass is 376 g/mol. The van der Waals surface area contributed by atoms with Crippen LogP contribution in [0.3, 0.4) is 0 Å². The fourth-order valence-corrected chi connectivity index (χ4v) is 3.25. The lowest BCUT2D eigenvalue weighted by atomic mass is 10.1. The van der Waals surface area contributed by atoms with Crippen molar-refractivity contribution in [3.05, 3.63) is 79.1 Å². The predicted molar refractivity (Wildman–Crippen MR) is 96.8 cm³/mol. The van der Waals surface area contributed by atoms with Crippen molar-refractivity contribution in [1.29, 1.82) is 0 Å². The Bertz CT molecular complexity index is 979. The number of para-hydroxylation sites is 1. The summed E-state index contributed by atoms with van der Waals surface area (Å²) in [6.07, 6.45) is 4.16. The highest BCUT2D eigenvalue weighted by Gasteiger charge is 2.20. The van der Waals surface area contributed by atoms with Gasteiger partial charge in [0.1, 0.15) is 0 Å². The molecule has 26 heavy (non-hydrogen) atoms. The molecular weight excluding hydrogens is 363 g/mol. The topological polar surface area (TPSA) is 16.8 Å². The van der Waals surface area contributed by atoms with E-state index in [0.29, 0.717) is 0 Å². The smallest absolute Gasteiger partial charge is 0.418 e. The molecule has 0 amide bonds. The third-order valence-electron chi connectivity index (χ3n) is 3.53. The van der Waals surface area contributed by atoms with Gasteiger partial charge in [-0.15, -0.1) is 0 Å². The third kappa shape index (κ3) is 4.67. The van der Waals surface area contributed by atoms with Crippen molar-refractivity contribution in [2.45, 2.75) is 0 Å². The Hall–Kier alpha value is -2.74. The zero-order chi connectivity index (χ0) is 18.6. The molecule has 0 saturated heterocycles. The molecule has 2 heterocycles. The number of halogens is 4. The van der Waals surface area contributed by atoms with Crippen LogP contribution in [0.1, 0.15) is 0 Å². The molecule has 0 unspecified atom stereocenters. The Morgan fingerprint density at radius 3 is 2.00 bits per heavy atom. The predicted octanol–water partition coefficient (Wildman–Crippen LogP) is 5.54. The summed E-state index contributed by atoms with van der Waals surface area (Å²) < 4.78 is 46.9. The van der Waals surface area contributed by atoms with Crippen LogP contribution in [0.25, 0.3) is 27.0 Å². The van der Waals surface area contributed by atoms with E-state index in [1.807, 2.05) is 18.2 Å². The largest absolute Gasteiger partial charge is 0.673 e. The molecule has 8 heteroatoms. The summed E-state index contributed by atoms with van der Waals surface area (Å²) in [5, 5.41) is 1.22. The van der Waals surface area contributed by atoms with Gasteiger partial charge in [0.25, 0.3) is 0 Å². The van der Waals surface area contributed by atoms with Crippen LogP contribution in [-0.4, -0.2) is 11.6 Å². The average Bonchev–Trinajstić information content (AvgIpc) is 3.05. The second kappa shape index (κ2) is 7.66. The van der Waals surface area contributed by atoms with Crippen LogP contribution < -0.4 is 4.57 Å². The first-order valence-corrected chi connectivity index (χ1v) is 8.48. The van der Waals surface area contributed by atoms with Crippen LogP contribution in [0.2, 0.25) is 0 Å². The van der Waals surface area contributed by atoms with E-state index in [9.17, 15) is 17.3 Å².